The lowest BCUT2D eigenvalue weighted by Crippen LogP contribution is -2.46. The number of aromatic nitrogens is 1. The Bertz CT molecular complexity index is 503. The van der Waals surface area contributed by atoms with Crippen LogP contribution in [0.15, 0.2) is 18.2 Å². The van der Waals surface area contributed by atoms with Crippen LogP contribution in [0, 0.1) is 5.92 Å². The molecule has 2 N–H and O–H groups in total. The lowest BCUT2D eigenvalue weighted by atomic mass is 9.96. The Balaban J connectivity index is 2.16. The van der Waals surface area contributed by atoms with Crippen molar-refractivity contribution in [1.29, 1.82) is 0 Å². The van der Waals surface area contributed by atoms with Crippen LogP contribution in [-0.2, 0) is 0 Å². The smallest absolute Gasteiger partial charge is 0.354 e. The first-order valence-corrected chi connectivity index (χ1v) is 6.16. The quantitative estimate of drug-likeness (QED) is 0.817. The van der Waals surface area contributed by atoms with Crippen LogP contribution < -0.4 is 0 Å². The van der Waals surface area contributed by atoms with Gasteiger partial charge in [-0.3, -0.25) is 4.79 Å². The van der Waals surface area contributed by atoms with Crippen LogP contribution in [0.5, 0.6) is 0 Å². The van der Waals surface area contributed by atoms with Crippen LogP contribution in [0.3, 0.4) is 0 Å². The van der Waals surface area contributed by atoms with E-state index in [4.69, 9.17) is 5.11 Å². The van der Waals surface area contributed by atoms with Crippen molar-refractivity contribution in [3.05, 3.63) is 29.6 Å². The topological polar surface area (TPSA) is 90.7 Å². The number of likely N-dealkylation sites (tertiary alicyclic amines) is 1. The highest BCUT2D eigenvalue weighted by Crippen LogP contribution is 2.18. The van der Waals surface area contributed by atoms with Crippen molar-refractivity contribution in [2.45, 2.75) is 19.4 Å². The maximum Gasteiger partial charge on any atom is 0.354 e. The highest BCUT2D eigenvalue weighted by Gasteiger charge is 2.28. The number of piperidine rings is 1. The minimum Gasteiger partial charge on any atom is -0.477 e. The van der Waals surface area contributed by atoms with Crippen molar-refractivity contribution in [1.82, 2.24) is 9.88 Å². The number of rotatable bonds is 2. The molecular formula is C13H16N2O4. The molecule has 6 nitrogen and oxygen atoms in total. The van der Waals surface area contributed by atoms with Gasteiger partial charge >= 0.3 is 5.97 Å². The normalized spacial score (nSPS) is 23.2. The summed E-state index contributed by atoms with van der Waals surface area (Å²) in [4.78, 5) is 28.3. The van der Waals surface area contributed by atoms with E-state index in [2.05, 4.69) is 4.98 Å². The molecule has 0 bridgehead atoms. The van der Waals surface area contributed by atoms with E-state index < -0.39 is 12.1 Å². The van der Waals surface area contributed by atoms with E-state index in [1.807, 2.05) is 6.92 Å². The highest BCUT2D eigenvalue weighted by atomic mass is 16.4. The molecular weight excluding hydrogens is 248 g/mol. The van der Waals surface area contributed by atoms with Gasteiger partial charge in [0.2, 0.25) is 0 Å². The second-order valence-electron chi connectivity index (χ2n) is 4.80. The van der Waals surface area contributed by atoms with Crippen LogP contribution in [0.2, 0.25) is 0 Å². The van der Waals surface area contributed by atoms with Gasteiger partial charge in [-0.1, -0.05) is 13.0 Å². The highest BCUT2D eigenvalue weighted by molar-refractivity contribution is 5.94. The largest absolute Gasteiger partial charge is 0.477 e. The zero-order chi connectivity index (χ0) is 14.0. The number of aliphatic hydroxyl groups is 1. The fourth-order valence-corrected chi connectivity index (χ4v) is 2.07. The van der Waals surface area contributed by atoms with E-state index in [9.17, 15) is 14.7 Å². The van der Waals surface area contributed by atoms with Gasteiger partial charge < -0.3 is 15.1 Å². The molecule has 1 aliphatic rings. The van der Waals surface area contributed by atoms with Crippen molar-refractivity contribution in [3.63, 3.8) is 0 Å². The Labute approximate surface area is 110 Å². The van der Waals surface area contributed by atoms with Crippen LogP contribution in [0.25, 0.3) is 0 Å². The Kier molecular flexibility index (Phi) is 3.80. The summed E-state index contributed by atoms with van der Waals surface area (Å²) in [5.74, 6) is -1.33. The minimum absolute atomic E-state index is 0.0988. The zero-order valence-electron chi connectivity index (χ0n) is 10.6. The van der Waals surface area contributed by atoms with E-state index in [0.717, 1.165) is 6.42 Å². The molecule has 0 aromatic carbocycles. The van der Waals surface area contributed by atoms with Gasteiger partial charge in [0.25, 0.3) is 5.91 Å². The number of aliphatic hydroxyl groups excluding tert-OH is 1. The maximum atomic E-state index is 12.2. The van der Waals surface area contributed by atoms with Gasteiger partial charge in [-0.2, -0.15) is 0 Å². The van der Waals surface area contributed by atoms with E-state index >= 15 is 0 Å². The number of aromatic carboxylic acids is 1. The molecule has 0 spiro atoms. The monoisotopic (exact) mass is 264 g/mol. The van der Waals surface area contributed by atoms with Crippen molar-refractivity contribution in [3.8, 4) is 0 Å². The number of carbonyl (C=O) groups excluding carboxylic acids is 1. The summed E-state index contributed by atoms with van der Waals surface area (Å²) in [6.45, 7) is 2.75. The zero-order valence-corrected chi connectivity index (χ0v) is 10.6. The van der Waals surface area contributed by atoms with Crippen LogP contribution in [0.4, 0.5) is 0 Å². The molecule has 1 aromatic rings. The predicted octanol–water partition coefficient (Wildman–Crippen LogP) is 0.623. The molecule has 6 heteroatoms. The summed E-state index contributed by atoms with van der Waals surface area (Å²) in [7, 11) is 0. The molecule has 1 saturated heterocycles. The first-order valence-electron chi connectivity index (χ1n) is 6.16. The molecule has 1 amide bonds. The number of carboxylic acid groups (broad SMARTS) is 1. The van der Waals surface area contributed by atoms with E-state index in [1.165, 1.54) is 23.1 Å². The number of carbonyl (C=O) groups is 2. The van der Waals surface area contributed by atoms with Crippen molar-refractivity contribution in [2.75, 3.05) is 13.1 Å². The molecule has 19 heavy (non-hydrogen) atoms. The molecule has 2 atom stereocenters. The molecule has 1 aromatic heterocycles. The van der Waals surface area contributed by atoms with Gasteiger partial charge in [-0.15, -0.1) is 0 Å². The number of pyridine rings is 1. The maximum absolute atomic E-state index is 12.2. The molecule has 2 rings (SSSR count). The van der Waals surface area contributed by atoms with E-state index in [-0.39, 0.29) is 29.8 Å². The van der Waals surface area contributed by atoms with Gasteiger partial charge in [-0.05, 0) is 24.5 Å². The van der Waals surface area contributed by atoms with Gasteiger partial charge in [0.05, 0.1) is 6.10 Å². The van der Waals surface area contributed by atoms with Crippen molar-refractivity contribution >= 4 is 11.9 Å². The van der Waals surface area contributed by atoms with Crippen LogP contribution >= 0.6 is 0 Å². The predicted molar refractivity (Wildman–Crippen MR) is 66.9 cm³/mol. The number of carboxylic acids is 1. The third-order valence-corrected chi connectivity index (χ3v) is 3.39. The lowest BCUT2D eigenvalue weighted by molar-refractivity contribution is 0.0245. The van der Waals surface area contributed by atoms with Gasteiger partial charge in [0, 0.05) is 13.1 Å². The number of β-amino-alcohol motifs (C(OH)–C–C–N with tert-alkyl or cyclic N) is 1. The number of nitrogens with zero attached hydrogens (tertiary/aromatic N) is 2. The van der Waals surface area contributed by atoms with Gasteiger partial charge in [0.1, 0.15) is 11.4 Å². The first kappa shape index (κ1) is 13.5. The SMILES string of the molecule is CC1CCN(C(=O)c2cccc(C(=O)O)n2)CC1O. The molecule has 1 fully saturated rings. The molecule has 102 valence electrons. The second-order valence-corrected chi connectivity index (χ2v) is 4.80. The molecule has 0 radical (unpaired) electrons. The van der Waals surface area contributed by atoms with Gasteiger partial charge in [0.15, 0.2) is 0 Å². The lowest BCUT2D eigenvalue weighted by Gasteiger charge is -2.34. The van der Waals surface area contributed by atoms with E-state index in [1.54, 1.807) is 0 Å². The number of hydrogen-bond acceptors (Lipinski definition) is 4. The molecule has 0 aliphatic carbocycles. The summed E-state index contributed by atoms with van der Waals surface area (Å²) >= 11 is 0. The number of amides is 1. The third kappa shape index (κ3) is 2.90. The summed E-state index contributed by atoms with van der Waals surface area (Å²) in [6, 6.07) is 4.32. The minimum atomic E-state index is -1.16. The fourth-order valence-electron chi connectivity index (χ4n) is 2.07. The standard InChI is InChI=1S/C13H16N2O4/c1-8-5-6-15(7-11(8)16)12(17)9-3-2-4-10(14-9)13(18)19/h2-4,8,11,16H,5-7H2,1H3,(H,18,19). The Morgan fingerprint density at radius 2 is 2.05 bits per heavy atom. The van der Waals surface area contributed by atoms with Crippen molar-refractivity contribution in [2.24, 2.45) is 5.92 Å². The molecule has 1 aliphatic heterocycles. The average molecular weight is 264 g/mol. The molecule has 2 unspecified atom stereocenters. The Morgan fingerprint density at radius 3 is 2.68 bits per heavy atom. The van der Waals surface area contributed by atoms with Crippen molar-refractivity contribution < 1.29 is 19.8 Å². The summed E-state index contributed by atoms with van der Waals surface area (Å²) < 4.78 is 0. The summed E-state index contributed by atoms with van der Waals surface area (Å²) in [6.07, 6.45) is 0.186. The fraction of sp³-hybridized carbons (Fsp3) is 0.462. The van der Waals surface area contributed by atoms with Crippen LogP contribution in [-0.4, -0.2) is 51.2 Å². The summed E-state index contributed by atoms with van der Waals surface area (Å²) in [5.41, 5.74) is -0.0570. The number of hydrogen-bond donors (Lipinski definition) is 2. The third-order valence-electron chi connectivity index (χ3n) is 3.39. The van der Waals surface area contributed by atoms with Gasteiger partial charge in [-0.25, -0.2) is 9.78 Å². The molecule has 0 saturated carbocycles. The second kappa shape index (κ2) is 5.36. The van der Waals surface area contributed by atoms with E-state index in [0.29, 0.717) is 6.54 Å². The summed E-state index contributed by atoms with van der Waals surface area (Å²) in [5, 5.41) is 18.6. The average Bonchev–Trinajstić information content (AvgIpc) is 2.41. The Morgan fingerprint density at radius 1 is 1.37 bits per heavy atom. The Hall–Kier alpha value is -1.95. The molecule has 2 heterocycles. The first-order chi connectivity index (χ1) is 8.99. The van der Waals surface area contributed by atoms with Crippen LogP contribution in [0.1, 0.15) is 34.3 Å².